The Hall–Kier alpha value is -2.05. The maximum absolute atomic E-state index is 12.8. The molecule has 1 heterocycles. The fourth-order valence-electron chi connectivity index (χ4n) is 8.05. The van der Waals surface area contributed by atoms with Gasteiger partial charge in [-0.1, -0.05) is 206 Å². The molecule has 1 fully saturated rings. The molecule has 364 valence electrons. The normalized spacial score (nSPS) is 19.5. The summed E-state index contributed by atoms with van der Waals surface area (Å²) >= 11 is 0. The van der Waals surface area contributed by atoms with Gasteiger partial charge >= 0.3 is 17.9 Å². The number of unbranched alkanes of at least 4 members (excludes halogenated alkanes) is 31. The zero-order valence-electron chi connectivity index (χ0n) is 39.6. The minimum atomic E-state index is -1.86. The van der Waals surface area contributed by atoms with Gasteiger partial charge in [-0.25, -0.2) is 4.79 Å². The first-order valence-electron chi connectivity index (χ1n) is 25.7. The number of allylic oxidation sites excluding steroid dienone is 2. The molecule has 0 aromatic carbocycles. The number of esters is 2. The fourth-order valence-corrected chi connectivity index (χ4v) is 8.05. The molecular formula is C51H94O11. The van der Waals surface area contributed by atoms with Crippen molar-refractivity contribution in [3.05, 3.63) is 12.2 Å². The second-order valence-electron chi connectivity index (χ2n) is 18.0. The highest BCUT2D eigenvalue weighted by atomic mass is 16.7. The lowest BCUT2D eigenvalue weighted by Crippen LogP contribution is -2.60. The van der Waals surface area contributed by atoms with Gasteiger partial charge in [0.25, 0.3) is 0 Å². The summed E-state index contributed by atoms with van der Waals surface area (Å²) in [6.45, 7) is 3.85. The van der Waals surface area contributed by atoms with Crippen LogP contribution in [0, 0.1) is 0 Å². The first-order chi connectivity index (χ1) is 30.2. The molecule has 0 aromatic rings. The summed E-state index contributed by atoms with van der Waals surface area (Å²) in [4.78, 5) is 37.0. The van der Waals surface area contributed by atoms with E-state index < -0.39 is 54.7 Å². The summed E-state index contributed by atoms with van der Waals surface area (Å²) in [5, 5.41) is 39.9. The monoisotopic (exact) mass is 883 g/mol. The first kappa shape index (κ1) is 58.0. The number of aliphatic carboxylic acids is 1. The summed E-state index contributed by atoms with van der Waals surface area (Å²) in [6, 6.07) is 0. The number of hydrogen-bond acceptors (Lipinski definition) is 10. The molecule has 0 spiro atoms. The number of carboxylic acids is 1. The Balaban J connectivity index is 2.29. The lowest BCUT2D eigenvalue weighted by Gasteiger charge is -2.38. The van der Waals surface area contributed by atoms with Gasteiger partial charge in [-0.3, -0.25) is 9.59 Å². The van der Waals surface area contributed by atoms with Gasteiger partial charge in [0, 0.05) is 12.8 Å². The van der Waals surface area contributed by atoms with Crippen LogP contribution in [-0.2, 0) is 33.3 Å². The van der Waals surface area contributed by atoms with Gasteiger partial charge in [0.2, 0.25) is 0 Å². The standard InChI is InChI=1S/C51H94O11/c1-3-5-7-9-11-13-15-17-19-21-23-25-27-29-31-33-35-37-39-44(52)59-41-43(42-60-51-48(56)46(54)47(55)49(62-51)50(57)58)61-45(53)40-38-36-34-32-30-28-26-24-22-20-18-16-14-12-10-8-6-4-2/h19,21,43,46-49,51,54-56H,3-18,20,22-42H2,1-2H3,(H,57,58)/b21-19-. The van der Waals surface area contributed by atoms with Crippen LogP contribution >= 0.6 is 0 Å². The summed E-state index contributed by atoms with van der Waals surface area (Å²) in [5.41, 5.74) is 0. The Labute approximate surface area is 377 Å². The molecule has 0 amide bonds. The Bertz CT molecular complexity index is 1080. The molecule has 0 aliphatic carbocycles. The smallest absolute Gasteiger partial charge is 0.335 e. The van der Waals surface area contributed by atoms with Crippen molar-refractivity contribution in [3.63, 3.8) is 0 Å². The molecule has 6 atom stereocenters. The van der Waals surface area contributed by atoms with E-state index in [2.05, 4.69) is 26.0 Å². The predicted octanol–water partition coefficient (Wildman–Crippen LogP) is 12.0. The van der Waals surface area contributed by atoms with E-state index in [1.54, 1.807) is 0 Å². The maximum Gasteiger partial charge on any atom is 0.335 e. The number of ether oxygens (including phenoxy) is 4. The minimum Gasteiger partial charge on any atom is -0.479 e. The van der Waals surface area contributed by atoms with Gasteiger partial charge in [-0.2, -0.15) is 0 Å². The fraction of sp³-hybridized carbons (Fsp3) is 0.902. The molecule has 1 rings (SSSR count). The number of rotatable bonds is 44. The molecule has 0 saturated carbocycles. The zero-order valence-corrected chi connectivity index (χ0v) is 39.6. The summed E-state index contributed by atoms with van der Waals surface area (Å²) in [5.74, 6) is -2.43. The average molecular weight is 883 g/mol. The molecule has 0 radical (unpaired) electrons. The van der Waals surface area contributed by atoms with Crippen molar-refractivity contribution in [2.75, 3.05) is 13.2 Å². The molecule has 0 bridgehead atoms. The molecule has 1 saturated heterocycles. The quantitative estimate of drug-likeness (QED) is 0.0261. The van der Waals surface area contributed by atoms with Crippen molar-refractivity contribution in [2.24, 2.45) is 0 Å². The van der Waals surface area contributed by atoms with Gasteiger partial charge in [0.05, 0.1) is 6.61 Å². The molecular weight excluding hydrogens is 789 g/mol. The van der Waals surface area contributed by atoms with Gasteiger partial charge in [0.1, 0.15) is 24.9 Å². The topological polar surface area (TPSA) is 169 Å². The van der Waals surface area contributed by atoms with Crippen molar-refractivity contribution in [1.29, 1.82) is 0 Å². The van der Waals surface area contributed by atoms with E-state index in [4.69, 9.17) is 18.9 Å². The van der Waals surface area contributed by atoms with Crippen LogP contribution in [0.3, 0.4) is 0 Å². The van der Waals surface area contributed by atoms with Crippen LogP contribution in [0.4, 0.5) is 0 Å². The minimum absolute atomic E-state index is 0.188. The number of aliphatic hydroxyl groups excluding tert-OH is 3. The summed E-state index contributed by atoms with van der Waals surface area (Å²) in [6.07, 6.45) is 36.9. The third kappa shape index (κ3) is 32.6. The van der Waals surface area contributed by atoms with E-state index in [0.29, 0.717) is 12.8 Å². The number of aliphatic hydroxyl groups is 3. The zero-order chi connectivity index (χ0) is 45.3. The van der Waals surface area contributed by atoms with Crippen molar-refractivity contribution in [3.8, 4) is 0 Å². The number of carbonyl (C=O) groups excluding carboxylic acids is 2. The SMILES string of the molecule is CCCCCCCCC/C=C\CCCCCCCCCC(=O)OCC(COC1OC(C(=O)O)C(O)C(O)C1O)OC(=O)CCCCCCCCCCCCCCCCCCCC. The second kappa shape index (κ2) is 41.6. The van der Waals surface area contributed by atoms with Gasteiger partial charge in [-0.15, -0.1) is 0 Å². The van der Waals surface area contributed by atoms with Gasteiger partial charge in [0.15, 0.2) is 18.5 Å². The Morgan fingerprint density at radius 2 is 0.855 bits per heavy atom. The van der Waals surface area contributed by atoms with Crippen molar-refractivity contribution in [1.82, 2.24) is 0 Å². The lowest BCUT2D eigenvalue weighted by molar-refractivity contribution is -0.298. The van der Waals surface area contributed by atoms with Gasteiger partial charge in [-0.05, 0) is 38.5 Å². The Morgan fingerprint density at radius 1 is 0.484 bits per heavy atom. The summed E-state index contributed by atoms with van der Waals surface area (Å²) < 4.78 is 21.8. The van der Waals surface area contributed by atoms with Crippen LogP contribution in [0.15, 0.2) is 12.2 Å². The van der Waals surface area contributed by atoms with Crippen LogP contribution in [0.2, 0.25) is 0 Å². The molecule has 6 unspecified atom stereocenters. The predicted molar refractivity (Wildman–Crippen MR) is 248 cm³/mol. The molecule has 4 N–H and O–H groups in total. The molecule has 1 aliphatic rings. The third-order valence-electron chi connectivity index (χ3n) is 12.1. The van der Waals surface area contributed by atoms with E-state index in [1.165, 1.54) is 161 Å². The average Bonchev–Trinajstić information content (AvgIpc) is 3.26. The van der Waals surface area contributed by atoms with Crippen LogP contribution in [0.25, 0.3) is 0 Å². The molecule has 11 nitrogen and oxygen atoms in total. The van der Waals surface area contributed by atoms with Crippen molar-refractivity contribution in [2.45, 2.75) is 282 Å². The van der Waals surface area contributed by atoms with Gasteiger partial charge < -0.3 is 39.4 Å². The number of carboxylic acid groups (broad SMARTS) is 1. The summed E-state index contributed by atoms with van der Waals surface area (Å²) in [7, 11) is 0. The number of hydrogen-bond donors (Lipinski definition) is 4. The molecule has 0 aromatic heterocycles. The van der Waals surface area contributed by atoms with Crippen LogP contribution < -0.4 is 0 Å². The lowest BCUT2D eigenvalue weighted by atomic mass is 9.99. The van der Waals surface area contributed by atoms with E-state index in [9.17, 15) is 34.8 Å². The maximum atomic E-state index is 12.8. The highest BCUT2D eigenvalue weighted by molar-refractivity contribution is 5.73. The van der Waals surface area contributed by atoms with Crippen molar-refractivity contribution >= 4 is 17.9 Å². The van der Waals surface area contributed by atoms with Crippen LogP contribution in [-0.4, -0.2) is 88.4 Å². The molecule has 62 heavy (non-hydrogen) atoms. The highest BCUT2D eigenvalue weighted by Gasteiger charge is 2.47. The largest absolute Gasteiger partial charge is 0.479 e. The second-order valence-corrected chi connectivity index (χ2v) is 18.0. The van der Waals surface area contributed by atoms with E-state index >= 15 is 0 Å². The molecule has 11 heteroatoms. The van der Waals surface area contributed by atoms with Crippen molar-refractivity contribution < 1.29 is 53.8 Å². The highest BCUT2D eigenvalue weighted by Crippen LogP contribution is 2.23. The van der Waals surface area contributed by atoms with Crippen LogP contribution in [0.5, 0.6) is 0 Å². The van der Waals surface area contributed by atoms with Crippen LogP contribution in [0.1, 0.15) is 245 Å². The third-order valence-corrected chi connectivity index (χ3v) is 12.1. The Morgan fingerprint density at radius 3 is 1.26 bits per heavy atom. The first-order valence-corrected chi connectivity index (χ1v) is 25.7. The van der Waals surface area contributed by atoms with E-state index in [0.717, 1.165) is 44.9 Å². The van der Waals surface area contributed by atoms with E-state index in [-0.39, 0.29) is 26.1 Å². The number of carbonyl (C=O) groups is 3. The molecule has 1 aliphatic heterocycles. The Kier molecular flexibility index (Phi) is 38.9. The van der Waals surface area contributed by atoms with E-state index in [1.807, 2.05) is 0 Å².